The molecule has 1 heterocycles. The molecule has 1 atom stereocenters. The van der Waals surface area contributed by atoms with Crippen LogP contribution in [0, 0.1) is 12.8 Å². The smallest absolute Gasteiger partial charge is 0.0459 e. The number of nitrogens with one attached hydrogen (secondary N) is 1. The van der Waals surface area contributed by atoms with Crippen molar-refractivity contribution in [2.75, 3.05) is 0 Å². The first-order valence-corrected chi connectivity index (χ1v) is 8.97. The third-order valence-corrected chi connectivity index (χ3v) is 5.53. The van der Waals surface area contributed by atoms with Crippen molar-refractivity contribution in [1.82, 2.24) is 4.98 Å². The Morgan fingerprint density at radius 1 is 0.870 bits per heavy atom. The third kappa shape index (κ3) is 2.69. The lowest BCUT2D eigenvalue weighted by Gasteiger charge is -2.31. The Labute approximate surface area is 138 Å². The summed E-state index contributed by atoms with van der Waals surface area (Å²) in [5.74, 6) is 1.29. The van der Waals surface area contributed by atoms with Crippen LogP contribution in [0.2, 0.25) is 0 Å². The van der Waals surface area contributed by atoms with Gasteiger partial charge in [-0.15, -0.1) is 0 Å². The Balaban J connectivity index is 1.88. The first-order chi connectivity index (χ1) is 11.3. The van der Waals surface area contributed by atoms with Crippen molar-refractivity contribution in [3.05, 3.63) is 71.4 Å². The molecule has 0 aliphatic heterocycles. The Hall–Kier alpha value is -2.02. The number of hydrogen-bond acceptors (Lipinski definition) is 0. The molecule has 0 spiro atoms. The van der Waals surface area contributed by atoms with Crippen molar-refractivity contribution < 1.29 is 0 Å². The number of hydrogen-bond donors (Lipinski definition) is 1. The highest BCUT2D eigenvalue weighted by atomic mass is 14.7. The molecule has 1 fully saturated rings. The van der Waals surface area contributed by atoms with Crippen molar-refractivity contribution in [1.29, 1.82) is 0 Å². The number of aryl methyl sites for hydroxylation is 1. The highest BCUT2D eigenvalue weighted by Crippen LogP contribution is 2.43. The molecule has 4 rings (SSSR count). The van der Waals surface area contributed by atoms with E-state index >= 15 is 0 Å². The Morgan fingerprint density at radius 2 is 1.57 bits per heavy atom. The Kier molecular flexibility index (Phi) is 3.95. The van der Waals surface area contributed by atoms with E-state index in [0.29, 0.717) is 5.92 Å². The fourth-order valence-electron chi connectivity index (χ4n) is 4.50. The monoisotopic (exact) mass is 303 g/mol. The van der Waals surface area contributed by atoms with Gasteiger partial charge in [-0.3, -0.25) is 0 Å². The molecule has 1 nitrogen and oxygen atoms in total. The minimum atomic E-state index is 0.521. The number of H-pyrrole nitrogens is 1. The Bertz CT molecular complexity index is 778. The molecule has 1 saturated carbocycles. The number of aromatic amines is 1. The van der Waals surface area contributed by atoms with E-state index < -0.39 is 0 Å². The van der Waals surface area contributed by atoms with Crippen LogP contribution in [0.4, 0.5) is 0 Å². The van der Waals surface area contributed by atoms with Gasteiger partial charge in [0.2, 0.25) is 0 Å². The summed E-state index contributed by atoms with van der Waals surface area (Å²) in [6, 6.07) is 19.9. The second-order valence-electron chi connectivity index (χ2n) is 7.00. The molecule has 0 amide bonds. The van der Waals surface area contributed by atoms with Gasteiger partial charge in [0, 0.05) is 22.5 Å². The second kappa shape index (κ2) is 6.23. The SMILES string of the molecule is Cc1[nH]c2ccccc2c1C(c1ccccc1)C1CCCCC1. The van der Waals surface area contributed by atoms with Gasteiger partial charge < -0.3 is 4.98 Å². The summed E-state index contributed by atoms with van der Waals surface area (Å²) in [6.07, 6.45) is 6.90. The van der Waals surface area contributed by atoms with Gasteiger partial charge in [-0.2, -0.15) is 0 Å². The van der Waals surface area contributed by atoms with Crippen molar-refractivity contribution in [3.63, 3.8) is 0 Å². The maximum Gasteiger partial charge on any atom is 0.0459 e. The van der Waals surface area contributed by atoms with Gasteiger partial charge in [0.25, 0.3) is 0 Å². The van der Waals surface area contributed by atoms with E-state index in [4.69, 9.17) is 0 Å². The maximum absolute atomic E-state index is 3.62. The minimum Gasteiger partial charge on any atom is -0.358 e. The van der Waals surface area contributed by atoms with Crippen molar-refractivity contribution in [2.24, 2.45) is 5.92 Å². The normalized spacial score (nSPS) is 17.4. The molecule has 2 aromatic carbocycles. The number of para-hydroxylation sites is 1. The average molecular weight is 303 g/mol. The van der Waals surface area contributed by atoms with Gasteiger partial charge in [0.1, 0.15) is 0 Å². The van der Waals surface area contributed by atoms with Gasteiger partial charge in [0.15, 0.2) is 0 Å². The zero-order valence-corrected chi connectivity index (χ0v) is 13.9. The van der Waals surface area contributed by atoms with E-state index in [1.165, 1.54) is 59.8 Å². The molecule has 0 radical (unpaired) electrons. The molecule has 23 heavy (non-hydrogen) atoms. The van der Waals surface area contributed by atoms with E-state index in [2.05, 4.69) is 66.5 Å². The van der Waals surface area contributed by atoms with Gasteiger partial charge >= 0.3 is 0 Å². The lowest BCUT2D eigenvalue weighted by molar-refractivity contribution is 0.328. The molecule has 0 saturated heterocycles. The highest BCUT2D eigenvalue weighted by Gasteiger charge is 2.29. The summed E-state index contributed by atoms with van der Waals surface area (Å²) in [7, 11) is 0. The standard InChI is InChI=1S/C22H25N/c1-16-21(19-14-8-9-15-20(19)23-16)22(17-10-4-2-5-11-17)18-12-6-3-7-13-18/h2,4-5,8-11,14-15,18,22-23H,3,6-7,12-13H2,1H3. The molecule has 1 N–H and O–H groups in total. The van der Waals surface area contributed by atoms with Crippen LogP contribution in [0.5, 0.6) is 0 Å². The minimum absolute atomic E-state index is 0.521. The number of aromatic nitrogens is 1. The summed E-state index contributed by atoms with van der Waals surface area (Å²) in [6.45, 7) is 2.24. The number of benzene rings is 2. The predicted octanol–water partition coefficient (Wildman–Crippen LogP) is 6.19. The summed E-state index contributed by atoms with van der Waals surface area (Å²) in [4.78, 5) is 3.62. The first kappa shape index (κ1) is 14.6. The zero-order valence-electron chi connectivity index (χ0n) is 13.9. The van der Waals surface area contributed by atoms with Crippen molar-refractivity contribution >= 4 is 10.9 Å². The van der Waals surface area contributed by atoms with Crippen LogP contribution in [0.3, 0.4) is 0 Å². The molecule has 1 aliphatic rings. The first-order valence-electron chi connectivity index (χ1n) is 8.97. The molecule has 118 valence electrons. The van der Waals surface area contributed by atoms with Crippen LogP contribution in [-0.2, 0) is 0 Å². The average Bonchev–Trinajstić information content (AvgIpc) is 2.94. The third-order valence-electron chi connectivity index (χ3n) is 5.53. The Morgan fingerprint density at radius 3 is 2.35 bits per heavy atom. The number of fused-ring (bicyclic) bond motifs is 1. The zero-order chi connectivity index (χ0) is 15.6. The van der Waals surface area contributed by atoms with E-state index in [-0.39, 0.29) is 0 Å². The van der Waals surface area contributed by atoms with Crippen LogP contribution < -0.4 is 0 Å². The summed E-state index contributed by atoms with van der Waals surface area (Å²) >= 11 is 0. The lowest BCUT2D eigenvalue weighted by Crippen LogP contribution is -2.18. The summed E-state index contributed by atoms with van der Waals surface area (Å²) in [5.41, 5.74) is 5.62. The van der Waals surface area contributed by atoms with E-state index in [9.17, 15) is 0 Å². The summed E-state index contributed by atoms with van der Waals surface area (Å²) < 4.78 is 0. The summed E-state index contributed by atoms with van der Waals surface area (Å²) in [5, 5.41) is 1.41. The fraction of sp³-hybridized carbons (Fsp3) is 0.364. The molecule has 1 unspecified atom stereocenters. The van der Waals surface area contributed by atoms with Gasteiger partial charge in [0.05, 0.1) is 0 Å². The van der Waals surface area contributed by atoms with Crippen LogP contribution in [0.15, 0.2) is 54.6 Å². The van der Waals surface area contributed by atoms with Gasteiger partial charge in [-0.05, 0) is 42.9 Å². The van der Waals surface area contributed by atoms with Crippen LogP contribution in [0.1, 0.15) is 54.8 Å². The molecular weight excluding hydrogens is 278 g/mol. The lowest BCUT2D eigenvalue weighted by atomic mass is 9.73. The van der Waals surface area contributed by atoms with Crippen LogP contribution in [0.25, 0.3) is 10.9 Å². The molecule has 3 aromatic rings. The van der Waals surface area contributed by atoms with Gasteiger partial charge in [-0.25, -0.2) is 0 Å². The largest absolute Gasteiger partial charge is 0.358 e. The van der Waals surface area contributed by atoms with Crippen molar-refractivity contribution in [2.45, 2.75) is 44.9 Å². The number of rotatable bonds is 3. The molecule has 1 aromatic heterocycles. The van der Waals surface area contributed by atoms with E-state index in [1.54, 1.807) is 0 Å². The topological polar surface area (TPSA) is 15.8 Å². The second-order valence-corrected chi connectivity index (χ2v) is 7.00. The molecule has 1 heteroatoms. The fourth-order valence-corrected chi connectivity index (χ4v) is 4.50. The van der Waals surface area contributed by atoms with Gasteiger partial charge in [-0.1, -0.05) is 67.8 Å². The predicted molar refractivity (Wildman–Crippen MR) is 97.9 cm³/mol. The highest BCUT2D eigenvalue weighted by molar-refractivity contribution is 5.85. The maximum atomic E-state index is 3.62. The van der Waals surface area contributed by atoms with E-state index in [0.717, 1.165) is 5.92 Å². The molecular formula is C22H25N. The van der Waals surface area contributed by atoms with Crippen LogP contribution in [-0.4, -0.2) is 4.98 Å². The van der Waals surface area contributed by atoms with E-state index in [1.807, 2.05) is 0 Å². The molecule has 0 bridgehead atoms. The molecule has 1 aliphatic carbocycles. The van der Waals surface area contributed by atoms with Crippen LogP contribution >= 0.6 is 0 Å². The van der Waals surface area contributed by atoms with Crippen molar-refractivity contribution in [3.8, 4) is 0 Å². The quantitative estimate of drug-likeness (QED) is 0.594.